The Bertz CT molecular complexity index is 3290. The van der Waals surface area contributed by atoms with Crippen LogP contribution in [0.4, 0.5) is 17.1 Å². The maximum atomic E-state index is 2.47. The summed E-state index contributed by atoms with van der Waals surface area (Å²) in [6, 6.07) is 88.1. The van der Waals surface area contributed by atoms with E-state index in [1.165, 1.54) is 54.9 Å². The fraction of sp³-hybridized carbons (Fsp3) is 0. The van der Waals surface area contributed by atoms with Crippen molar-refractivity contribution >= 4 is 49.6 Å². The van der Waals surface area contributed by atoms with Crippen molar-refractivity contribution in [1.29, 1.82) is 0 Å². The van der Waals surface area contributed by atoms with Gasteiger partial charge in [-0.3, -0.25) is 0 Å². The maximum Gasteiger partial charge on any atom is 0.0561 e. The predicted octanol–water partition coefficient (Wildman–Crippen LogP) is 16.1. The van der Waals surface area contributed by atoms with Crippen molar-refractivity contribution in [3.63, 3.8) is 0 Å². The first-order valence-electron chi connectivity index (χ1n) is 20.6. The molecule has 0 fully saturated rings. The smallest absolute Gasteiger partial charge is 0.0561 e. The van der Waals surface area contributed by atoms with Crippen LogP contribution >= 0.6 is 0 Å². The molecule has 2 heteroatoms. The van der Waals surface area contributed by atoms with Crippen molar-refractivity contribution in [2.24, 2.45) is 0 Å². The summed E-state index contributed by atoms with van der Waals surface area (Å²) in [4.78, 5) is 2.47. The molecule has 0 aliphatic carbocycles. The first-order valence-corrected chi connectivity index (χ1v) is 20.6. The lowest BCUT2D eigenvalue weighted by atomic mass is 9.94. The standard InChI is InChI=1S/C58H40N2/c1-4-16-41(17-5-1)43-28-30-44(31-29-43)47-34-37-57(54(39-47)45-19-6-2-7-20-45)60(55-26-14-12-24-51(55)48-33-32-42-18-10-11-21-46(42)38-48)50-35-36-53-52-25-13-15-27-56(52)59(58(53)40-50)49-22-8-3-9-23-49/h1-40H. The molecule has 2 nitrogen and oxygen atoms in total. The molecular formula is C58H40N2. The topological polar surface area (TPSA) is 8.17 Å². The molecule has 60 heavy (non-hydrogen) atoms. The predicted molar refractivity (Wildman–Crippen MR) is 255 cm³/mol. The Morgan fingerprint density at radius 3 is 1.62 bits per heavy atom. The second-order valence-electron chi connectivity index (χ2n) is 15.3. The molecular weight excluding hydrogens is 725 g/mol. The molecule has 0 aliphatic rings. The van der Waals surface area contributed by atoms with Gasteiger partial charge in [0.25, 0.3) is 0 Å². The van der Waals surface area contributed by atoms with Gasteiger partial charge in [0, 0.05) is 33.3 Å². The Hall–Kier alpha value is -7.94. The van der Waals surface area contributed by atoms with E-state index in [0.717, 1.165) is 45.0 Å². The summed E-state index contributed by atoms with van der Waals surface area (Å²) >= 11 is 0. The lowest BCUT2D eigenvalue weighted by Gasteiger charge is -2.30. The number of rotatable bonds is 8. The van der Waals surface area contributed by atoms with E-state index in [2.05, 4.69) is 252 Å². The average Bonchev–Trinajstić information content (AvgIpc) is 3.66. The van der Waals surface area contributed by atoms with E-state index in [0.29, 0.717) is 0 Å². The van der Waals surface area contributed by atoms with Gasteiger partial charge in [0.15, 0.2) is 0 Å². The number of fused-ring (bicyclic) bond motifs is 4. The Morgan fingerprint density at radius 1 is 0.283 bits per heavy atom. The highest BCUT2D eigenvalue weighted by Gasteiger charge is 2.23. The van der Waals surface area contributed by atoms with Crippen LogP contribution in [0.3, 0.4) is 0 Å². The quantitative estimate of drug-likeness (QED) is 0.150. The molecule has 0 amide bonds. The monoisotopic (exact) mass is 764 g/mol. The minimum absolute atomic E-state index is 1.08. The molecule has 0 N–H and O–H groups in total. The van der Waals surface area contributed by atoms with Crippen LogP contribution in [0.1, 0.15) is 0 Å². The lowest BCUT2D eigenvalue weighted by molar-refractivity contribution is 1.18. The van der Waals surface area contributed by atoms with E-state index < -0.39 is 0 Å². The van der Waals surface area contributed by atoms with Crippen molar-refractivity contribution in [1.82, 2.24) is 4.57 Å². The van der Waals surface area contributed by atoms with Gasteiger partial charge < -0.3 is 9.47 Å². The van der Waals surface area contributed by atoms with E-state index in [-0.39, 0.29) is 0 Å². The highest BCUT2D eigenvalue weighted by molar-refractivity contribution is 6.11. The van der Waals surface area contributed by atoms with Gasteiger partial charge in [0.1, 0.15) is 0 Å². The Labute approximate surface area is 350 Å². The van der Waals surface area contributed by atoms with Gasteiger partial charge in [-0.05, 0) is 98.8 Å². The van der Waals surface area contributed by atoms with Crippen molar-refractivity contribution < 1.29 is 0 Å². The van der Waals surface area contributed by atoms with E-state index in [1.807, 2.05) is 0 Å². The maximum absolute atomic E-state index is 2.47. The second-order valence-corrected chi connectivity index (χ2v) is 15.3. The number of nitrogens with zero attached hydrogens (tertiary/aromatic N) is 2. The Balaban J connectivity index is 1.16. The van der Waals surface area contributed by atoms with Gasteiger partial charge in [0.2, 0.25) is 0 Å². The van der Waals surface area contributed by atoms with Crippen LogP contribution in [0, 0.1) is 0 Å². The van der Waals surface area contributed by atoms with Crippen LogP contribution in [-0.2, 0) is 0 Å². The summed E-state index contributed by atoms with van der Waals surface area (Å²) in [5, 5.41) is 4.91. The third kappa shape index (κ3) is 6.32. The van der Waals surface area contributed by atoms with E-state index >= 15 is 0 Å². The molecule has 0 bridgehead atoms. The van der Waals surface area contributed by atoms with Gasteiger partial charge in [-0.2, -0.15) is 0 Å². The molecule has 10 aromatic carbocycles. The zero-order valence-corrected chi connectivity index (χ0v) is 33.0. The summed E-state index contributed by atoms with van der Waals surface area (Å²) in [7, 11) is 0. The molecule has 0 aliphatic heterocycles. The van der Waals surface area contributed by atoms with E-state index in [4.69, 9.17) is 0 Å². The van der Waals surface area contributed by atoms with E-state index in [9.17, 15) is 0 Å². The summed E-state index contributed by atoms with van der Waals surface area (Å²) in [6.45, 7) is 0. The van der Waals surface area contributed by atoms with E-state index in [1.54, 1.807) is 0 Å². The largest absolute Gasteiger partial charge is 0.309 e. The Kier molecular flexibility index (Phi) is 8.87. The molecule has 282 valence electrons. The number of hydrogen-bond donors (Lipinski definition) is 0. The molecule has 1 aromatic heterocycles. The molecule has 0 radical (unpaired) electrons. The minimum Gasteiger partial charge on any atom is -0.309 e. The molecule has 1 heterocycles. The fourth-order valence-electron chi connectivity index (χ4n) is 8.88. The van der Waals surface area contributed by atoms with Gasteiger partial charge >= 0.3 is 0 Å². The summed E-state index contributed by atoms with van der Waals surface area (Å²) in [6.07, 6.45) is 0. The zero-order chi connectivity index (χ0) is 39.8. The fourth-order valence-corrected chi connectivity index (χ4v) is 8.88. The number of anilines is 3. The first-order chi connectivity index (χ1) is 29.8. The molecule has 0 saturated carbocycles. The number of hydrogen-bond acceptors (Lipinski definition) is 1. The summed E-state index contributed by atoms with van der Waals surface area (Å²) in [5.74, 6) is 0. The molecule has 0 saturated heterocycles. The van der Waals surface area contributed by atoms with Gasteiger partial charge in [-0.15, -0.1) is 0 Å². The van der Waals surface area contributed by atoms with Gasteiger partial charge in [-0.1, -0.05) is 188 Å². The molecule has 0 unspecified atom stereocenters. The molecule has 11 aromatic rings. The zero-order valence-electron chi connectivity index (χ0n) is 33.0. The molecule has 0 spiro atoms. The van der Waals surface area contributed by atoms with Crippen molar-refractivity contribution in [2.45, 2.75) is 0 Å². The highest BCUT2D eigenvalue weighted by atomic mass is 15.1. The van der Waals surface area contributed by atoms with Crippen LogP contribution in [0.5, 0.6) is 0 Å². The average molecular weight is 765 g/mol. The number of benzene rings is 10. The van der Waals surface area contributed by atoms with Crippen molar-refractivity contribution in [2.75, 3.05) is 4.90 Å². The van der Waals surface area contributed by atoms with Crippen LogP contribution in [0.2, 0.25) is 0 Å². The number of para-hydroxylation sites is 3. The number of aromatic nitrogens is 1. The molecule has 11 rings (SSSR count). The van der Waals surface area contributed by atoms with Crippen molar-refractivity contribution in [3.8, 4) is 50.2 Å². The minimum atomic E-state index is 1.08. The highest BCUT2D eigenvalue weighted by Crippen LogP contribution is 2.47. The Morgan fingerprint density at radius 2 is 0.833 bits per heavy atom. The van der Waals surface area contributed by atoms with Crippen LogP contribution in [-0.4, -0.2) is 4.57 Å². The SMILES string of the molecule is c1ccc(-c2ccc(-c3ccc(N(c4ccc5c6ccccc6n(-c6ccccc6)c5c4)c4ccccc4-c4ccc5ccccc5c4)c(-c4ccccc4)c3)cc2)cc1. The first kappa shape index (κ1) is 35.2. The van der Waals surface area contributed by atoms with Crippen molar-refractivity contribution in [3.05, 3.63) is 243 Å². The van der Waals surface area contributed by atoms with Crippen LogP contribution < -0.4 is 4.90 Å². The van der Waals surface area contributed by atoms with Crippen LogP contribution in [0.15, 0.2) is 243 Å². The van der Waals surface area contributed by atoms with Gasteiger partial charge in [-0.25, -0.2) is 0 Å². The third-order valence-electron chi connectivity index (χ3n) is 11.8. The van der Waals surface area contributed by atoms with Crippen LogP contribution in [0.25, 0.3) is 82.8 Å². The summed E-state index contributed by atoms with van der Waals surface area (Å²) < 4.78 is 2.40. The van der Waals surface area contributed by atoms with Gasteiger partial charge in [0.05, 0.1) is 22.4 Å². The molecule has 0 atom stereocenters. The second kappa shape index (κ2) is 15.1. The third-order valence-corrected chi connectivity index (χ3v) is 11.8. The normalized spacial score (nSPS) is 11.3. The summed E-state index contributed by atoms with van der Waals surface area (Å²) in [5.41, 5.74) is 16.2. The lowest BCUT2D eigenvalue weighted by Crippen LogP contribution is -2.13.